The molecule has 1 amide bonds. The number of nitriles is 1. The summed E-state index contributed by atoms with van der Waals surface area (Å²) in [4.78, 5) is 18.9. The maximum atomic E-state index is 12.4. The Kier molecular flexibility index (Phi) is 5.60. The first kappa shape index (κ1) is 17.1. The fourth-order valence-electron chi connectivity index (χ4n) is 3.39. The molecule has 2 saturated heterocycles. The number of benzene rings is 1. The Bertz CT molecular complexity index is 628. The molecule has 1 aromatic rings. The Morgan fingerprint density at radius 2 is 1.79 bits per heavy atom. The van der Waals surface area contributed by atoms with E-state index in [0.29, 0.717) is 17.1 Å². The van der Waals surface area contributed by atoms with E-state index in [2.05, 4.69) is 15.9 Å². The smallest absolute Gasteiger partial charge is 0.236 e. The minimum atomic E-state index is 0.268. The fourth-order valence-corrected chi connectivity index (χ4v) is 3.61. The van der Waals surface area contributed by atoms with Gasteiger partial charge in [0.15, 0.2) is 0 Å². The van der Waals surface area contributed by atoms with E-state index in [1.807, 2.05) is 17.0 Å². The summed E-state index contributed by atoms with van der Waals surface area (Å²) < 4.78 is 0. The zero-order valence-corrected chi connectivity index (χ0v) is 14.6. The molecule has 24 heavy (non-hydrogen) atoms. The molecule has 128 valence electrons. The third-order valence-electron chi connectivity index (χ3n) is 4.88. The van der Waals surface area contributed by atoms with Crippen LogP contribution in [0.2, 0.25) is 5.02 Å². The maximum Gasteiger partial charge on any atom is 0.236 e. The lowest BCUT2D eigenvalue weighted by Gasteiger charge is -2.37. The molecule has 0 saturated carbocycles. The molecule has 0 bridgehead atoms. The van der Waals surface area contributed by atoms with Gasteiger partial charge in [0.05, 0.1) is 17.1 Å². The Hall–Kier alpha value is -1.77. The molecule has 6 heteroatoms. The van der Waals surface area contributed by atoms with E-state index >= 15 is 0 Å². The lowest BCUT2D eigenvalue weighted by atomic mass is 10.1. The van der Waals surface area contributed by atoms with Gasteiger partial charge in [-0.15, -0.1) is 0 Å². The van der Waals surface area contributed by atoms with Crippen LogP contribution in [0.4, 0.5) is 5.69 Å². The highest BCUT2D eigenvalue weighted by molar-refractivity contribution is 6.32. The van der Waals surface area contributed by atoms with Gasteiger partial charge in [-0.3, -0.25) is 9.69 Å². The van der Waals surface area contributed by atoms with Gasteiger partial charge in [0.2, 0.25) is 5.91 Å². The van der Waals surface area contributed by atoms with Crippen LogP contribution in [0.3, 0.4) is 0 Å². The van der Waals surface area contributed by atoms with E-state index in [0.717, 1.165) is 57.8 Å². The molecule has 0 N–H and O–H groups in total. The van der Waals surface area contributed by atoms with Crippen LogP contribution < -0.4 is 4.90 Å². The molecular formula is C18H23ClN4O. The van der Waals surface area contributed by atoms with E-state index in [1.54, 1.807) is 6.07 Å². The molecule has 2 aliphatic rings. The second kappa shape index (κ2) is 7.87. The highest BCUT2D eigenvalue weighted by Gasteiger charge is 2.23. The van der Waals surface area contributed by atoms with Crippen molar-refractivity contribution in [1.82, 2.24) is 9.80 Å². The number of carbonyl (C=O) groups is 1. The summed E-state index contributed by atoms with van der Waals surface area (Å²) in [5, 5.41) is 9.45. The Morgan fingerprint density at radius 1 is 1.08 bits per heavy atom. The number of halogens is 1. The van der Waals surface area contributed by atoms with Gasteiger partial charge < -0.3 is 9.80 Å². The first-order chi connectivity index (χ1) is 11.7. The Labute approximate surface area is 148 Å². The average molecular weight is 347 g/mol. The number of rotatable bonds is 3. The van der Waals surface area contributed by atoms with Crippen LogP contribution in [0, 0.1) is 11.3 Å². The number of piperidine rings is 1. The van der Waals surface area contributed by atoms with Gasteiger partial charge in [-0.25, -0.2) is 0 Å². The highest BCUT2D eigenvalue weighted by atomic mass is 35.5. The van der Waals surface area contributed by atoms with Gasteiger partial charge in [-0.2, -0.15) is 5.26 Å². The molecule has 2 heterocycles. The number of piperazine rings is 1. The van der Waals surface area contributed by atoms with Gasteiger partial charge in [0.25, 0.3) is 0 Å². The first-order valence-electron chi connectivity index (χ1n) is 8.62. The largest absolute Gasteiger partial charge is 0.369 e. The molecule has 0 spiro atoms. The quantitative estimate of drug-likeness (QED) is 0.843. The van der Waals surface area contributed by atoms with Crippen molar-refractivity contribution in [3.63, 3.8) is 0 Å². The number of hydrogen-bond acceptors (Lipinski definition) is 4. The molecule has 3 rings (SSSR count). The monoisotopic (exact) mass is 346 g/mol. The zero-order valence-electron chi connectivity index (χ0n) is 13.9. The second-order valence-electron chi connectivity index (χ2n) is 6.48. The van der Waals surface area contributed by atoms with E-state index in [1.165, 1.54) is 6.42 Å². The van der Waals surface area contributed by atoms with E-state index < -0.39 is 0 Å². The molecule has 1 aromatic carbocycles. The normalized spacial score (nSPS) is 19.2. The van der Waals surface area contributed by atoms with Crippen LogP contribution in [-0.2, 0) is 4.79 Å². The molecule has 2 fully saturated rings. The fraction of sp³-hybridized carbons (Fsp3) is 0.556. The molecule has 5 nitrogen and oxygen atoms in total. The summed E-state index contributed by atoms with van der Waals surface area (Å²) in [6, 6.07) is 7.65. The van der Waals surface area contributed by atoms with E-state index in [4.69, 9.17) is 16.9 Å². The van der Waals surface area contributed by atoms with Crippen molar-refractivity contribution >= 4 is 23.2 Å². The summed E-state index contributed by atoms with van der Waals surface area (Å²) >= 11 is 6.12. The predicted molar refractivity (Wildman–Crippen MR) is 95.3 cm³/mol. The van der Waals surface area contributed by atoms with Gasteiger partial charge >= 0.3 is 0 Å². The molecule has 2 aliphatic heterocycles. The van der Waals surface area contributed by atoms with Crippen molar-refractivity contribution in [2.45, 2.75) is 19.3 Å². The SMILES string of the molecule is N#Cc1ccc(N2CCN(CC(=O)N3CCCCC3)CC2)cc1Cl. The molecule has 0 aromatic heterocycles. The van der Waals surface area contributed by atoms with Crippen LogP contribution in [-0.4, -0.2) is 61.5 Å². The van der Waals surface area contributed by atoms with Crippen LogP contribution in [0.15, 0.2) is 18.2 Å². The van der Waals surface area contributed by atoms with Crippen LogP contribution in [0.5, 0.6) is 0 Å². The first-order valence-corrected chi connectivity index (χ1v) is 9.00. The number of anilines is 1. The molecule has 0 atom stereocenters. The van der Waals surface area contributed by atoms with Crippen molar-refractivity contribution < 1.29 is 4.79 Å². The van der Waals surface area contributed by atoms with Crippen molar-refractivity contribution in [2.75, 3.05) is 50.7 Å². The Morgan fingerprint density at radius 3 is 2.42 bits per heavy atom. The lowest BCUT2D eigenvalue weighted by Crippen LogP contribution is -2.50. The molecular weight excluding hydrogens is 324 g/mol. The molecule has 0 unspecified atom stereocenters. The van der Waals surface area contributed by atoms with Gasteiger partial charge in [0.1, 0.15) is 6.07 Å². The lowest BCUT2D eigenvalue weighted by molar-refractivity contribution is -0.133. The number of likely N-dealkylation sites (tertiary alicyclic amines) is 1. The standard InChI is InChI=1S/C18H23ClN4O/c19-17-12-16(5-4-15(17)13-20)22-10-8-21(9-11-22)14-18(24)23-6-2-1-3-7-23/h4-5,12H,1-3,6-11,14H2. The molecule has 0 radical (unpaired) electrons. The average Bonchev–Trinajstić information content (AvgIpc) is 2.63. The minimum Gasteiger partial charge on any atom is -0.369 e. The third kappa shape index (κ3) is 4.00. The summed E-state index contributed by atoms with van der Waals surface area (Å²) in [7, 11) is 0. The van der Waals surface area contributed by atoms with Crippen LogP contribution in [0.1, 0.15) is 24.8 Å². The van der Waals surface area contributed by atoms with E-state index in [9.17, 15) is 4.79 Å². The third-order valence-corrected chi connectivity index (χ3v) is 5.19. The number of nitrogens with zero attached hydrogens (tertiary/aromatic N) is 4. The number of hydrogen-bond donors (Lipinski definition) is 0. The minimum absolute atomic E-state index is 0.268. The summed E-state index contributed by atoms with van der Waals surface area (Å²) in [5.74, 6) is 0.268. The van der Waals surface area contributed by atoms with Crippen LogP contribution >= 0.6 is 11.6 Å². The van der Waals surface area contributed by atoms with Crippen molar-refractivity contribution in [3.05, 3.63) is 28.8 Å². The Balaban J connectivity index is 1.51. The van der Waals surface area contributed by atoms with Crippen LogP contribution in [0.25, 0.3) is 0 Å². The van der Waals surface area contributed by atoms with Gasteiger partial charge in [-0.1, -0.05) is 11.6 Å². The molecule has 0 aliphatic carbocycles. The summed E-state index contributed by atoms with van der Waals surface area (Å²) in [5.41, 5.74) is 1.55. The number of carbonyl (C=O) groups excluding carboxylic acids is 1. The van der Waals surface area contributed by atoms with E-state index in [-0.39, 0.29) is 5.91 Å². The van der Waals surface area contributed by atoms with Crippen molar-refractivity contribution in [2.24, 2.45) is 0 Å². The van der Waals surface area contributed by atoms with Crippen molar-refractivity contribution in [3.8, 4) is 6.07 Å². The summed E-state index contributed by atoms with van der Waals surface area (Å²) in [6.45, 7) is 5.85. The highest BCUT2D eigenvalue weighted by Crippen LogP contribution is 2.24. The number of amides is 1. The maximum absolute atomic E-state index is 12.4. The summed E-state index contributed by atoms with van der Waals surface area (Å²) in [6.07, 6.45) is 3.52. The van der Waals surface area contributed by atoms with Gasteiger partial charge in [-0.05, 0) is 37.5 Å². The van der Waals surface area contributed by atoms with Gasteiger partial charge in [0, 0.05) is 45.0 Å². The van der Waals surface area contributed by atoms with Crippen molar-refractivity contribution in [1.29, 1.82) is 5.26 Å². The predicted octanol–water partition coefficient (Wildman–Crippen LogP) is 2.35. The topological polar surface area (TPSA) is 50.6 Å². The second-order valence-corrected chi connectivity index (χ2v) is 6.89. The zero-order chi connectivity index (χ0) is 16.9.